The fourth-order valence-electron chi connectivity index (χ4n) is 9.49. The highest BCUT2D eigenvalue weighted by Crippen LogP contribution is 2.44. The summed E-state index contributed by atoms with van der Waals surface area (Å²) in [5.74, 6) is -4.77. The first-order chi connectivity index (χ1) is 67.4. The zero-order chi connectivity index (χ0) is 117. The molecule has 7 N–H and O–H groups in total. The number of aliphatic hydroxyl groups is 7. The summed E-state index contributed by atoms with van der Waals surface area (Å²) in [7, 11) is 0. The minimum atomic E-state index is -4.99. The number of hydrogen-bond donors (Lipinski definition) is 7. The number of fused-ring (bicyclic) bond motifs is 1. The van der Waals surface area contributed by atoms with E-state index in [1.807, 2.05) is 41.5 Å². The van der Waals surface area contributed by atoms with E-state index in [1.54, 1.807) is 120 Å². The summed E-state index contributed by atoms with van der Waals surface area (Å²) in [6.07, 6.45) is -20.7. The molecule has 5 unspecified atom stereocenters. The third-order valence-corrected chi connectivity index (χ3v) is 24.5. The zero-order valence-corrected chi connectivity index (χ0v) is 90.0. The lowest BCUT2D eigenvalue weighted by atomic mass is 9.86. The van der Waals surface area contributed by atoms with E-state index in [9.17, 15) is 150 Å². The zero-order valence-electron chi connectivity index (χ0n) is 90.0. The first-order valence-electron chi connectivity index (χ1n) is 47.1. The smallest absolute Gasteiger partial charge is 0.421 e. The van der Waals surface area contributed by atoms with Crippen LogP contribution >= 0.6 is 0 Å². The molecule has 0 aliphatic heterocycles. The lowest BCUT2D eigenvalue weighted by Gasteiger charge is -2.40. The van der Waals surface area contributed by atoms with E-state index in [4.69, 9.17) is 52.1 Å². The van der Waals surface area contributed by atoms with Crippen molar-refractivity contribution in [2.45, 2.75) is 322 Å². The van der Waals surface area contributed by atoms with E-state index >= 15 is 0 Å². The quantitative estimate of drug-likeness (QED) is 0.00819. The van der Waals surface area contributed by atoms with Crippen LogP contribution in [0.4, 0.5) is 65.9 Å². The van der Waals surface area contributed by atoms with Crippen molar-refractivity contribution >= 4 is 70.5 Å². The molecule has 0 saturated carbocycles. The maximum Gasteiger partial charge on any atom is 0.421 e. The van der Waals surface area contributed by atoms with Gasteiger partial charge in [-0.2, -0.15) is 65.9 Å². The highest BCUT2D eigenvalue weighted by Gasteiger charge is 2.62. The molecule has 0 amide bonds. The molecule has 0 saturated heterocycles. The van der Waals surface area contributed by atoms with Gasteiger partial charge in [0.1, 0.15) is 85.5 Å². The van der Waals surface area contributed by atoms with Crippen LogP contribution in [0, 0.1) is 37.9 Å². The standard InChI is InChI=1S/C20H23F3O4.C19H25F3O5.C19H34O8.C17H21F3O5.C16H21F3O4.C15H19F3O3/c1-5-18(2,3)17(24)27-16-9-7-13-10-15(8-6-14(13)11-16)26-12-19(4,25)20(21,22)23;1-7-16(2,3)15(24)26-13-10-8-12(9-11-13)14(23)27-17(4,5)18(6,25)19(20,21)22;1-9-16(2,3)13(20)25-10-19(8,11-26-14(21)17(4,5)23)12-27-15(22)18(6,7)24;1-5-15(2,3)14(22)25-12-8-6-11(7-9-12)13(21)24-10-16(4,23)17(18,19)20;1-5-14(2,3)13(20)23-12-8-6-11(7-9-12)22-10-15(4,21)16(17,18)19;1-5-13(2,3)12(19)21-11-8-6-10(7-9-11)14(4,20)15(16,17)18/h6-11,25H,5,12H2,1-4H3;8-11,25H,7H2,1-6H3;23-24H,9-12H2,1-8H3;6-9,23H,5,10H2,1-4H3;6-9,21H,5,10H2,1-4H3;6-9,20H,5H2,1-4H3. The second-order valence-corrected chi connectivity index (χ2v) is 42.3. The first kappa shape index (κ1) is 137. The van der Waals surface area contributed by atoms with Gasteiger partial charge in [0.15, 0.2) is 39.2 Å². The van der Waals surface area contributed by atoms with E-state index in [1.165, 1.54) is 119 Å². The van der Waals surface area contributed by atoms with Gasteiger partial charge in [0.2, 0.25) is 0 Å². The number of alkyl halides is 15. The largest absolute Gasteiger partial charge is 0.490 e. The summed E-state index contributed by atoms with van der Waals surface area (Å²) in [5, 5.41) is 68.0. The highest BCUT2D eigenvalue weighted by molar-refractivity contribution is 5.91. The van der Waals surface area contributed by atoms with Crippen molar-refractivity contribution in [3.63, 3.8) is 0 Å². The molecule has 846 valence electrons. The molecule has 0 aliphatic rings. The minimum absolute atomic E-state index is 0.0347. The Balaban J connectivity index is 0.000000902. The molecule has 0 spiro atoms. The topological polar surface area (TPSA) is 423 Å². The molecule has 0 bridgehead atoms. The first-order valence-corrected chi connectivity index (χ1v) is 47.1. The van der Waals surface area contributed by atoms with Gasteiger partial charge in [-0.05, 0) is 330 Å². The van der Waals surface area contributed by atoms with Crippen LogP contribution in [0.2, 0.25) is 0 Å². The van der Waals surface area contributed by atoms with Gasteiger partial charge in [-0.25, -0.2) is 19.2 Å². The summed E-state index contributed by atoms with van der Waals surface area (Å²) in [6, 6.07) is 30.3. The molecule has 6 rings (SSSR count). The van der Waals surface area contributed by atoms with Crippen LogP contribution < -0.4 is 33.2 Å². The highest BCUT2D eigenvalue weighted by atomic mass is 19.4. The Morgan fingerprint density at radius 3 is 0.773 bits per heavy atom. The van der Waals surface area contributed by atoms with Crippen molar-refractivity contribution in [2.24, 2.45) is 37.9 Å². The number of carbonyl (C=O) groups is 10. The SMILES string of the molecule is CCC(C)(C)C(=O)OCC(C)(COC(=O)C(C)(C)O)COC(=O)C(C)(C)O.CCC(C)(C)C(=O)Oc1ccc(C(=O)OC(C)(C)C(C)(O)C(F)(F)F)cc1.CCC(C)(C)C(=O)Oc1ccc(C(=O)OCC(C)(O)C(F)(F)F)cc1.CCC(C)(C)C(=O)Oc1ccc(C(C)(O)C(F)(F)F)cc1.CCC(C)(C)C(=O)Oc1ccc(OCC(C)(O)C(F)(F)F)cc1.CCC(C)(C)C(=O)Oc1ccc2cc(OCC(C)(O)C(F)(F)F)ccc2c1. The van der Waals surface area contributed by atoms with Gasteiger partial charge in [0.05, 0.1) is 49.0 Å². The normalized spacial score (nSPS) is 14.6. The number of ether oxygens (including phenoxy) is 12. The van der Waals surface area contributed by atoms with Crippen molar-refractivity contribution in [1.82, 2.24) is 0 Å². The third-order valence-electron chi connectivity index (χ3n) is 24.5. The van der Waals surface area contributed by atoms with Gasteiger partial charge < -0.3 is 92.6 Å². The molecule has 0 aliphatic carbocycles. The molecule has 0 fully saturated rings. The Kier molecular flexibility index (Phi) is 48.0. The summed E-state index contributed by atoms with van der Waals surface area (Å²) in [4.78, 5) is 120. The van der Waals surface area contributed by atoms with Crippen molar-refractivity contribution in [2.75, 3.05) is 39.6 Å². The summed E-state index contributed by atoms with van der Waals surface area (Å²) >= 11 is 0. The van der Waals surface area contributed by atoms with Crippen molar-refractivity contribution in [3.05, 3.63) is 150 Å². The van der Waals surface area contributed by atoms with E-state index in [2.05, 4.69) is 4.74 Å². The average molecular weight is 2170 g/mol. The van der Waals surface area contributed by atoms with E-state index in [0.717, 1.165) is 31.4 Å². The second kappa shape index (κ2) is 52.7. The molecule has 44 heteroatoms. The summed E-state index contributed by atoms with van der Waals surface area (Å²) in [6.45, 7) is 40.1. The fourth-order valence-corrected chi connectivity index (χ4v) is 9.49. The number of rotatable bonds is 38. The molecule has 0 heterocycles. The Morgan fingerprint density at radius 1 is 0.247 bits per heavy atom. The minimum Gasteiger partial charge on any atom is -0.490 e. The van der Waals surface area contributed by atoms with E-state index < -0.39 is 187 Å². The van der Waals surface area contributed by atoms with Crippen LogP contribution in [0.3, 0.4) is 0 Å². The number of benzene rings is 6. The maximum absolute atomic E-state index is 13.0. The van der Waals surface area contributed by atoms with E-state index in [-0.39, 0.29) is 77.0 Å². The van der Waals surface area contributed by atoms with Crippen molar-refractivity contribution in [1.29, 1.82) is 0 Å². The van der Waals surface area contributed by atoms with Crippen LogP contribution in [0.5, 0.6) is 40.2 Å². The molecule has 5 atom stereocenters. The van der Waals surface area contributed by atoms with Gasteiger partial charge in [-0.15, -0.1) is 0 Å². The summed E-state index contributed by atoms with van der Waals surface area (Å²) < 4.78 is 251. The Labute approximate surface area is 863 Å². The van der Waals surface area contributed by atoms with Crippen LogP contribution in [-0.4, -0.2) is 205 Å². The maximum atomic E-state index is 13.0. The Bertz CT molecular complexity index is 5390. The van der Waals surface area contributed by atoms with Crippen LogP contribution in [0.25, 0.3) is 10.8 Å². The molecule has 6 aromatic carbocycles. The number of esters is 10. The van der Waals surface area contributed by atoms with Gasteiger partial charge in [-0.3, -0.25) is 28.8 Å². The Morgan fingerprint density at radius 2 is 0.487 bits per heavy atom. The molecule has 0 radical (unpaired) electrons. The lowest BCUT2D eigenvalue weighted by Crippen LogP contribution is -2.59. The molecular formula is C106H143F15O29. The van der Waals surface area contributed by atoms with Gasteiger partial charge in [0, 0.05) is 0 Å². The second-order valence-electron chi connectivity index (χ2n) is 42.3. The monoisotopic (exact) mass is 2160 g/mol. The molecule has 150 heavy (non-hydrogen) atoms. The molecular weight excluding hydrogens is 2020 g/mol. The number of hydrogen-bond acceptors (Lipinski definition) is 29. The fraction of sp³-hybridized carbons (Fsp3) is 0.585. The van der Waals surface area contributed by atoms with Crippen molar-refractivity contribution in [3.8, 4) is 40.2 Å². The third kappa shape index (κ3) is 41.6. The van der Waals surface area contributed by atoms with Crippen LogP contribution in [0.1, 0.15) is 273 Å². The predicted molar refractivity (Wildman–Crippen MR) is 519 cm³/mol. The predicted octanol–water partition coefficient (Wildman–Crippen LogP) is 21.8. The number of carbonyl (C=O) groups excluding carboxylic acids is 10. The molecule has 0 aromatic heterocycles. The molecule has 29 nitrogen and oxygen atoms in total. The van der Waals surface area contributed by atoms with Crippen LogP contribution in [-0.2, 0) is 67.6 Å². The van der Waals surface area contributed by atoms with E-state index in [0.29, 0.717) is 84.3 Å². The lowest BCUT2D eigenvalue weighted by molar-refractivity contribution is -0.302. The van der Waals surface area contributed by atoms with Gasteiger partial charge in [-0.1, -0.05) is 65.8 Å². The van der Waals surface area contributed by atoms with Crippen molar-refractivity contribution < 1.29 is 206 Å². The van der Waals surface area contributed by atoms with Crippen LogP contribution in [0.15, 0.2) is 133 Å². The molecule has 6 aromatic rings. The van der Waals surface area contributed by atoms with Gasteiger partial charge in [0.25, 0.3) is 0 Å². The Hall–Kier alpha value is -11.5. The average Bonchev–Trinajstić information content (AvgIpc) is 0.766. The van der Waals surface area contributed by atoms with Gasteiger partial charge >= 0.3 is 90.6 Å². The number of halogens is 15. The summed E-state index contributed by atoms with van der Waals surface area (Å²) in [5.41, 5.74) is -26.2.